The van der Waals surface area contributed by atoms with Gasteiger partial charge in [0.25, 0.3) is 0 Å². The van der Waals surface area contributed by atoms with E-state index in [0.717, 1.165) is 55.6 Å². The summed E-state index contributed by atoms with van der Waals surface area (Å²) in [7, 11) is 0. The molecule has 0 fully saturated rings. The van der Waals surface area contributed by atoms with Crippen molar-refractivity contribution >= 4 is 32.9 Å². The number of hydrogen-bond donors (Lipinski definition) is 0. The van der Waals surface area contributed by atoms with Crippen LogP contribution in [0.5, 0.6) is 0 Å². The quantitative estimate of drug-likeness (QED) is 0.236. The standard InChI is InChI=1S/C35H22N4O/c1-2-13-33-30(11-1)38-35(40-33)25-14-15-28-32(22-25)39(26-8-5-7-24(21-26)29-10-3-4-18-37-29)31-12-6-9-27(34(28)31)23-16-19-36-20-17-23/h1-22H. The monoisotopic (exact) mass is 514 g/mol. The first-order valence-electron chi connectivity index (χ1n) is 13.2. The molecule has 4 aromatic heterocycles. The van der Waals surface area contributed by atoms with E-state index in [-0.39, 0.29) is 0 Å². The van der Waals surface area contributed by atoms with Crippen molar-refractivity contribution in [3.05, 3.63) is 134 Å². The summed E-state index contributed by atoms with van der Waals surface area (Å²) in [5.41, 5.74) is 10.1. The fraction of sp³-hybridized carbons (Fsp3) is 0. The van der Waals surface area contributed by atoms with Crippen molar-refractivity contribution in [3.8, 4) is 39.5 Å². The summed E-state index contributed by atoms with van der Waals surface area (Å²) in [5.74, 6) is 0.608. The minimum absolute atomic E-state index is 0.608. The molecule has 0 saturated carbocycles. The Balaban J connectivity index is 1.43. The molecule has 4 heterocycles. The molecule has 0 aliphatic rings. The first-order valence-corrected chi connectivity index (χ1v) is 13.2. The number of fused-ring (bicyclic) bond motifs is 4. The lowest BCUT2D eigenvalue weighted by atomic mass is 10.00. The van der Waals surface area contributed by atoms with E-state index < -0.39 is 0 Å². The number of hydrogen-bond acceptors (Lipinski definition) is 4. The second-order valence-corrected chi connectivity index (χ2v) is 9.75. The highest BCUT2D eigenvalue weighted by atomic mass is 16.3. The number of oxazole rings is 1. The van der Waals surface area contributed by atoms with Crippen molar-refractivity contribution in [3.63, 3.8) is 0 Å². The molecule has 0 atom stereocenters. The van der Waals surface area contributed by atoms with E-state index in [1.54, 1.807) is 0 Å². The summed E-state index contributed by atoms with van der Waals surface area (Å²) in [4.78, 5) is 13.6. The van der Waals surface area contributed by atoms with Gasteiger partial charge in [0.1, 0.15) is 5.52 Å². The third-order valence-corrected chi connectivity index (χ3v) is 7.39. The molecule has 0 bridgehead atoms. The van der Waals surface area contributed by atoms with Crippen molar-refractivity contribution < 1.29 is 4.42 Å². The first-order chi connectivity index (χ1) is 19.8. The van der Waals surface area contributed by atoms with Gasteiger partial charge in [0.2, 0.25) is 5.89 Å². The third-order valence-electron chi connectivity index (χ3n) is 7.39. The zero-order chi connectivity index (χ0) is 26.5. The van der Waals surface area contributed by atoms with Gasteiger partial charge in [-0.2, -0.15) is 0 Å². The lowest BCUT2D eigenvalue weighted by molar-refractivity contribution is 0.620. The molecule has 4 aromatic carbocycles. The molecular weight excluding hydrogens is 492 g/mol. The number of pyridine rings is 2. The summed E-state index contributed by atoms with van der Waals surface area (Å²) in [6.45, 7) is 0. The van der Waals surface area contributed by atoms with Crippen LogP contribution in [0.15, 0.2) is 138 Å². The predicted molar refractivity (Wildman–Crippen MR) is 160 cm³/mol. The number of nitrogens with zero attached hydrogens (tertiary/aromatic N) is 4. The van der Waals surface area contributed by atoms with Gasteiger partial charge in [-0.05, 0) is 77.9 Å². The van der Waals surface area contributed by atoms with Gasteiger partial charge in [0.15, 0.2) is 5.58 Å². The molecule has 0 saturated heterocycles. The zero-order valence-electron chi connectivity index (χ0n) is 21.4. The van der Waals surface area contributed by atoms with E-state index in [4.69, 9.17) is 9.40 Å². The van der Waals surface area contributed by atoms with Crippen molar-refractivity contribution in [2.75, 3.05) is 0 Å². The molecule has 8 aromatic rings. The van der Waals surface area contributed by atoms with E-state index in [0.29, 0.717) is 5.89 Å². The Bertz CT molecular complexity index is 2130. The van der Waals surface area contributed by atoms with Crippen molar-refractivity contribution in [2.45, 2.75) is 0 Å². The molecule has 0 aliphatic heterocycles. The van der Waals surface area contributed by atoms with E-state index in [9.17, 15) is 0 Å². The normalized spacial score (nSPS) is 11.5. The lowest BCUT2D eigenvalue weighted by Crippen LogP contribution is -1.95. The highest BCUT2D eigenvalue weighted by molar-refractivity contribution is 6.16. The highest BCUT2D eigenvalue weighted by Gasteiger charge is 2.18. The van der Waals surface area contributed by atoms with E-state index >= 15 is 0 Å². The van der Waals surface area contributed by atoms with Crippen molar-refractivity contribution in [1.29, 1.82) is 0 Å². The maximum Gasteiger partial charge on any atom is 0.227 e. The van der Waals surface area contributed by atoms with Crippen LogP contribution in [-0.4, -0.2) is 19.5 Å². The molecule has 0 amide bonds. The average Bonchev–Trinajstić information content (AvgIpc) is 3.61. The maximum atomic E-state index is 6.16. The molecule has 5 heteroatoms. The van der Waals surface area contributed by atoms with Crippen LogP contribution in [0, 0.1) is 0 Å². The Kier molecular flexibility index (Phi) is 5.07. The summed E-state index contributed by atoms with van der Waals surface area (Å²) >= 11 is 0. The van der Waals surface area contributed by atoms with Crippen LogP contribution in [-0.2, 0) is 0 Å². The SMILES string of the molecule is c1ccc(-c2cccc(-n3c4cc(-c5nc6ccccc6o5)ccc4c4c(-c5ccncc5)cccc43)c2)nc1. The zero-order valence-corrected chi connectivity index (χ0v) is 21.4. The van der Waals surface area contributed by atoms with Gasteiger partial charge in [-0.25, -0.2) is 4.98 Å². The van der Waals surface area contributed by atoms with Gasteiger partial charge in [0.05, 0.1) is 16.7 Å². The smallest absolute Gasteiger partial charge is 0.227 e. The van der Waals surface area contributed by atoms with E-state index in [2.05, 4.69) is 87.3 Å². The predicted octanol–water partition coefficient (Wildman–Crippen LogP) is 8.72. The molecule has 188 valence electrons. The molecule has 0 radical (unpaired) electrons. The van der Waals surface area contributed by atoms with Gasteiger partial charge in [-0.15, -0.1) is 0 Å². The van der Waals surface area contributed by atoms with Gasteiger partial charge >= 0.3 is 0 Å². The molecule has 0 spiro atoms. The van der Waals surface area contributed by atoms with E-state index in [1.165, 1.54) is 10.9 Å². The minimum Gasteiger partial charge on any atom is -0.436 e. The second-order valence-electron chi connectivity index (χ2n) is 9.75. The summed E-state index contributed by atoms with van der Waals surface area (Å²) in [6.07, 6.45) is 5.51. The average molecular weight is 515 g/mol. The van der Waals surface area contributed by atoms with Crippen LogP contribution in [0.2, 0.25) is 0 Å². The van der Waals surface area contributed by atoms with Crippen LogP contribution in [0.4, 0.5) is 0 Å². The summed E-state index contributed by atoms with van der Waals surface area (Å²) in [5, 5.41) is 2.35. The molecule has 8 rings (SSSR count). The maximum absolute atomic E-state index is 6.16. The molecule has 0 N–H and O–H groups in total. The van der Waals surface area contributed by atoms with E-state index in [1.807, 2.05) is 61.1 Å². The topological polar surface area (TPSA) is 56.7 Å². The number of benzene rings is 4. The second kappa shape index (κ2) is 9.03. The Morgan fingerprint density at radius 3 is 2.35 bits per heavy atom. The van der Waals surface area contributed by atoms with Gasteiger partial charge in [-0.1, -0.05) is 48.5 Å². The van der Waals surface area contributed by atoms with Crippen LogP contribution in [0.25, 0.3) is 72.4 Å². The first kappa shape index (κ1) is 22.4. The summed E-state index contributed by atoms with van der Waals surface area (Å²) < 4.78 is 8.48. The Labute approximate surface area is 230 Å². The van der Waals surface area contributed by atoms with Crippen LogP contribution in [0.1, 0.15) is 0 Å². The largest absolute Gasteiger partial charge is 0.436 e. The Morgan fingerprint density at radius 1 is 0.600 bits per heavy atom. The van der Waals surface area contributed by atoms with Crippen molar-refractivity contribution in [2.24, 2.45) is 0 Å². The molecule has 0 aliphatic carbocycles. The van der Waals surface area contributed by atoms with Crippen molar-refractivity contribution in [1.82, 2.24) is 19.5 Å². The minimum atomic E-state index is 0.608. The summed E-state index contributed by atoms with van der Waals surface area (Å²) in [6, 6.07) is 39.5. The van der Waals surface area contributed by atoms with Gasteiger partial charge in [0, 0.05) is 46.2 Å². The molecule has 5 nitrogen and oxygen atoms in total. The van der Waals surface area contributed by atoms with Gasteiger partial charge < -0.3 is 8.98 Å². The third kappa shape index (κ3) is 3.60. The number of rotatable bonds is 4. The molecule has 0 unspecified atom stereocenters. The highest BCUT2D eigenvalue weighted by Crippen LogP contribution is 2.40. The Hall–Kier alpha value is -5.55. The van der Waals surface area contributed by atoms with Crippen LogP contribution >= 0.6 is 0 Å². The van der Waals surface area contributed by atoms with Gasteiger partial charge in [-0.3, -0.25) is 9.97 Å². The molecule has 40 heavy (non-hydrogen) atoms. The fourth-order valence-corrected chi connectivity index (χ4v) is 5.58. The van der Waals surface area contributed by atoms with Crippen LogP contribution in [0.3, 0.4) is 0 Å². The number of aromatic nitrogens is 4. The molecular formula is C35H22N4O. The lowest BCUT2D eigenvalue weighted by Gasteiger charge is -2.11. The fourth-order valence-electron chi connectivity index (χ4n) is 5.58. The number of para-hydroxylation sites is 2. The Morgan fingerprint density at radius 2 is 1.48 bits per heavy atom. The van der Waals surface area contributed by atoms with Crippen LogP contribution < -0.4 is 0 Å².